The van der Waals surface area contributed by atoms with E-state index in [0.717, 1.165) is 29.1 Å². The summed E-state index contributed by atoms with van der Waals surface area (Å²) in [7, 11) is 0. The maximum Gasteiger partial charge on any atom is 0.416 e. The van der Waals surface area contributed by atoms with Crippen LogP contribution in [0, 0.1) is 0 Å². The van der Waals surface area contributed by atoms with Gasteiger partial charge in [-0.15, -0.1) is 11.3 Å². The van der Waals surface area contributed by atoms with E-state index in [0.29, 0.717) is 17.1 Å². The number of halogens is 3. The first-order valence-electron chi connectivity index (χ1n) is 5.82. The molecule has 0 atom stereocenters. The number of hydrogen-bond donors (Lipinski definition) is 1. The molecule has 0 amide bonds. The van der Waals surface area contributed by atoms with E-state index in [4.69, 9.17) is 5.73 Å². The molecule has 0 saturated heterocycles. The first-order valence-corrected chi connectivity index (χ1v) is 6.63. The number of alkyl halides is 3. The van der Waals surface area contributed by atoms with Crippen molar-refractivity contribution in [3.8, 4) is 10.6 Å². The molecule has 6 heteroatoms. The fourth-order valence-corrected chi connectivity index (χ4v) is 2.80. The van der Waals surface area contributed by atoms with Gasteiger partial charge in [-0.2, -0.15) is 13.2 Å². The second-order valence-corrected chi connectivity index (χ2v) is 5.11. The van der Waals surface area contributed by atoms with Crippen molar-refractivity contribution in [1.82, 2.24) is 4.98 Å². The van der Waals surface area contributed by atoms with Crippen LogP contribution in [0.2, 0.25) is 0 Å². The summed E-state index contributed by atoms with van der Waals surface area (Å²) in [6, 6.07) is 5.21. The van der Waals surface area contributed by atoms with Gasteiger partial charge in [0.15, 0.2) is 0 Å². The summed E-state index contributed by atoms with van der Waals surface area (Å²) in [6.07, 6.45) is -3.61. The van der Waals surface area contributed by atoms with Gasteiger partial charge in [-0.25, -0.2) is 4.98 Å². The molecule has 2 rings (SSSR count). The minimum Gasteiger partial charge on any atom is -0.326 e. The third-order valence-electron chi connectivity index (χ3n) is 2.74. The van der Waals surface area contributed by atoms with Crippen molar-refractivity contribution in [3.05, 3.63) is 40.4 Å². The van der Waals surface area contributed by atoms with Crippen LogP contribution in [0.1, 0.15) is 23.1 Å². The lowest BCUT2D eigenvalue weighted by Crippen LogP contribution is -2.04. The first-order chi connectivity index (χ1) is 8.95. The highest BCUT2D eigenvalue weighted by atomic mass is 32.1. The van der Waals surface area contributed by atoms with Gasteiger partial charge in [0.1, 0.15) is 5.01 Å². The Balaban J connectivity index is 2.44. The molecular formula is C13H13F3N2S. The number of nitrogens with two attached hydrogens (primary N) is 1. The van der Waals surface area contributed by atoms with Gasteiger partial charge in [-0.05, 0) is 18.6 Å². The second-order valence-electron chi connectivity index (χ2n) is 4.03. The van der Waals surface area contributed by atoms with Crippen LogP contribution in [0.25, 0.3) is 10.6 Å². The number of aryl methyl sites for hydroxylation is 1. The van der Waals surface area contributed by atoms with Crippen molar-refractivity contribution in [2.45, 2.75) is 26.1 Å². The zero-order valence-corrected chi connectivity index (χ0v) is 11.1. The Kier molecular flexibility index (Phi) is 3.91. The average Bonchev–Trinajstić information content (AvgIpc) is 2.81. The molecule has 0 unspecified atom stereocenters. The van der Waals surface area contributed by atoms with Gasteiger partial charge in [-0.3, -0.25) is 0 Å². The Morgan fingerprint density at radius 3 is 2.58 bits per heavy atom. The quantitative estimate of drug-likeness (QED) is 0.930. The molecule has 1 heterocycles. The number of rotatable bonds is 3. The smallest absolute Gasteiger partial charge is 0.326 e. The molecule has 2 N–H and O–H groups in total. The zero-order chi connectivity index (χ0) is 14.0. The molecule has 0 aliphatic carbocycles. The standard InChI is InChI=1S/C13H13F3N2S/c1-2-10-11(7-17)19-12(18-10)8-4-3-5-9(6-8)13(14,15)16/h3-6H,2,7,17H2,1H3. The summed E-state index contributed by atoms with van der Waals surface area (Å²) in [5.41, 5.74) is 6.29. The normalized spacial score (nSPS) is 11.8. The Bertz CT molecular complexity index is 554. The molecular weight excluding hydrogens is 273 g/mol. The Morgan fingerprint density at radius 2 is 2.05 bits per heavy atom. The molecule has 0 saturated carbocycles. The minimum absolute atomic E-state index is 0.361. The third-order valence-corrected chi connectivity index (χ3v) is 3.90. The van der Waals surface area contributed by atoms with Crippen LogP contribution in [-0.2, 0) is 19.1 Å². The molecule has 0 aliphatic rings. The summed E-state index contributed by atoms with van der Waals surface area (Å²) in [6.45, 7) is 2.31. The Morgan fingerprint density at radius 1 is 1.32 bits per heavy atom. The first kappa shape index (κ1) is 14.0. The van der Waals surface area contributed by atoms with Crippen LogP contribution in [0.15, 0.2) is 24.3 Å². The lowest BCUT2D eigenvalue weighted by atomic mass is 10.1. The van der Waals surface area contributed by atoms with Crippen LogP contribution < -0.4 is 5.73 Å². The van der Waals surface area contributed by atoms with Gasteiger partial charge in [0.2, 0.25) is 0 Å². The molecule has 1 aromatic carbocycles. The molecule has 0 aliphatic heterocycles. The lowest BCUT2D eigenvalue weighted by Gasteiger charge is -2.07. The van der Waals surface area contributed by atoms with Crippen molar-refractivity contribution in [3.63, 3.8) is 0 Å². The largest absolute Gasteiger partial charge is 0.416 e. The number of benzene rings is 1. The Hall–Kier alpha value is -1.40. The molecule has 19 heavy (non-hydrogen) atoms. The molecule has 2 aromatic rings. The van der Waals surface area contributed by atoms with E-state index in [2.05, 4.69) is 4.98 Å². The third kappa shape index (κ3) is 2.96. The van der Waals surface area contributed by atoms with Gasteiger partial charge in [0.05, 0.1) is 11.3 Å². The van der Waals surface area contributed by atoms with Crippen LogP contribution in [0.4, 0.5) is 13.2 Å². The van der Waals surface area contributed by atoms with Crippen molar-refractivity contribution in [1.29, 1.82) is 0 Å². The van der Waals surface area contributed by atoms with Crippen LogP contribution in [0.3, 0.4) is 0 Å². The van der Waals surface area contributed by atoms with Gasteiger partial charge in [-0.1, -0.05) is 19.1 Å². The van der Waals surface area contributed by atoms with E-state index in [1.807, 2.05) is 6.92 Å². The summed E-state index contributed by atoms with van der Waals surface area (Å²) in [5, 5.41) is 0.586. The van der Waals surface area contributed by atoms with E-state index in [9.17, 15) is 13.2 Å². The maximum absolute atomic E-state index is 12.7. The van der Waals surface area contributed by atoms with Crippen LogP contribution >= 0.6 is 11.3 Å². The summed E-state index contributed by atoms with van der Waals surface area (Å²) < 4.78 is 38.0. The number of thiazole rings is 1. The topological polar surface area (TPSA) is 38.9 Å². The molecule has 0 fully saturated rings. The summed E-state index contributed by atoms with van der Waals surface area (Å²) in [4.78, 5) is 5.29. The van der Waals surface area contributed by atoms with E-state index < -0.39 is 11.7 Å². The van der Waals surface area contributed by atoms with E-state index in [1.54, 1.807) is 6.07 Å². The molecule has 0 spiro atoms. The average molecular weight is 286 g/mol. The van der Waals surface area contributed by atoms with Crippen molar-refractivity contribution in [2.75, 3.05) is 0 Å². The SMILES string of the molecule is CCc1nc(-c2cccc(C(F)(F)F)c2)sc1CN. The van der Waals surface area contributed by atoms with Gasteiger partial charge in [0.25, 0.3) is 0 Å². The summed E-state index contributed by atoms with van der Waals surface area (Å²) in [5.74, 6) is 0. The predicted molar refractivity (Wildman–Crippen MR) is 69.8 cm³/mol. The highest BCUT2D eigenvalue weighted by molar-refractivity contribution is 7.15. The molecule has 0 bridgehead atoms. The van der Waals surface area contributed by atoms with E-state index >= 15 is 0 Å². The van der Waals surface area contributed by atoms with Gasteiger partial charge < -0.3 is 5.73 Å². The fourth-order valence-electron chi connectivity index (χ4n) is 1.77. The van der Waals surface area contributed by atoms with E-state index in [1.165, 1.54) is 17.4 Å². The number of nitrogens with zero attached hydrogens (tertiary/aromatic N) is 1. The Labute approximate surface area is 113 Å². The molecule has 1 aromatic heterocycles. The predicted octanol–water partition coefficient (Wildman–Crippen LogP) is 3.85. The van der Waals surface area contributed by atoms with Crippen molar-refractivity contribution in [2.24, 2.45) is 5.73 Å². The number of aromatic nitrogens is 1. The molecule has 2 nitrogen and oxygen atoms in total. The minimum atomic E-state index is -4.34. The zero-order valence-electron chi connectivity index (χ0n) is 10.3. The summed E-state index contributed by atoms with van der Waals surface area (Å²) >= 11 is 1.35. The highest BCUT2D eigenvalue weighted by Gasteiger charge is 2.30. The van der Waals surface area contributed by atoms with Crippen molar-refractivity contribution >= 4 is 11.3 Å². The fraction of sp³-hybridized carbons (Fsp3) is 0.308. The highest BCUT2D eigenvalue weighted by Crippen LogP contribution is 2.34. The monoisotopic (exact) mass is 286 g/mol. The molecule has 0 radical (unpaired) electrons. The maximum atomic E-state index is 12.7. The van der Waals surface area contributed by atoms with Gasteiger partial charge in [0, 0.05) is 17.0 Å². The van der Waals surface area contributed by atoms with Gasteiger partial charge >= 0.3 is 6.18 Å². The second kappa shape index (κ2) is 5.30. The van der Waals surface area contributed by atoms with Crippen molar-refractivity contribution < 1.29 is 13.2 Å². The van der Waals surface area contributed by atoms with E-state index in [-0.39, 0.29) is 0 Å². The van der Waals surface area contributed by atoms with Crippen LogP contribution in [-0.4, -0.2) is 4.98 Å². The van der Waals surface area contributed by atoms with Crippen LogP contribution in [0.5, 0.6) is 0 Å². The number of hydrogen-bond acceptors (Lipinski definition) is 3. The lowest BCUT2D eigenvalue weighted by molar-refractivity contribution is -0.137. The molecule has 102 valence electrons.